The highest BCUT2D eigenvalue weighted by Crippen LogP contribution is 2.44. The molecule has 4 N–H and O–H groups in total. The minimum atomic E-state index is -1.46. The first-order valence-corrected chi connectivity index (χ1v) is 22.4. The van der Waals surface area contributed by atoms with E-state index in [0.717, 1.165) is 31.3 Å². The average molecular weight is 869 g/mol. The van der Waals surface area contributed by atoms with Crippen molar-refractivity contribution in [3.8, 4) is 0 Å². The van der Waals surface area contributed by atoms with Gasteiger partial charge >= 0.3 is 5.97 Å². The molecule has 0 aromatic rings. The summed E-state index contributed by atoms with van der Waals surface area (Å²) in [6.07, 6.45) is 5.65. The minimum absolute atomic E-state index is 0.0388. The second-order valence-corrected chi connectivity index (χ2v) is 18.2. The highest BCUT2D eigenvalue weighted by molar-refractivity contribution is 5.82. The van der Waals surface area contributed by atoms with Crippen molar-refractivity contribution in [3.63, 3.8) is 0 Å². The van der Waals surface area contributed by atoms with Crippen molar-refractivity contribution < 1.29 is 72.6 Å². The highest BCUT2D eigenvalue weighted by Gasteiger charge is 2.59. The molecule has 15 heteroatoms. The van der Waals surface area contributed by atoms with Crippen LogP contribution in [0.25, 0.3) is 0 Å². The van der Waals surface area contributed by atoms with Crippen molar-refractivity contribution >= 4 is 5.97 Å². The Balaban J connectivity index is 1.40. The third-order valence-corrected chi connectivity index (χ3v) is 13.8. The van der Waals surface area contributed by atoms with Crippen molar-refractivity contribution in [2.75, 3.05) is 41.7 Å². The Hall–Kier alpha value is -1.83. The van der Waals surface area contributed by atoms with Crippen LogP contribution in [0.15, 0.2) is 36.0 Å². The second-order valence-electron chi connectivity index (χ2n) is 18.2. The van der Waals surface area contributed by atoms with Crippen LogP contribution >= 0.6 is 0 Å². The molecule has 61 heavy (non-hydrogen) atoms. The fourth-order valence-corrected chi connectivity index (χ4v) is 9.77. The number of carbonyl (C=O) groups excluding carboxylic acids is 1. The number of allylic oxidation sites excluding steroid dienone is 2. The zero-order chi connectivity index (χ0) is 44.4. The molecule has 2 bridgehead atoms. The van der Waals surface area contributed by atoms with E-state index in [1.165, 1.54) is 6.08 Å². The standard InChI is InChI=1S/C46H76O15/c1-26-13-16-34(60-45-43(51)42(50)36(47)24-56-45)20-31-11-10-12-32(59-31)22-38(54-8)46(25-57-46)39(55-9)23-37(53-7)29(4)44(61-40(48)18-14-26)30(5)41(49)27(2)15-17-33-21-35(52-6)19-28(3)58-33/h10-11,13-14,18,27-39,41-45,47,49-51H,12,15-17,19-25H2,1-9H3/b18-14?,26-13+/t27-,28-,29-,30-,31-,32-,33-,34-,35+,36-,37+,38-,39-,41-,42+,43-,44-,45+,46-/m0/s1. The van der Waals surface area contributed by atoms with E-state index in [1.54, 1.807) is 34.5 Å². The third kappa shape index (κ3) is 13.4. The van der Waals surface area contributed by atoms with Gasteiger partial charge in [-0.25, -0.2) is 4.79 Å². The van der Waals surface area contributed by atoms with Gasteiger partial charge in [-0.1, -0.05) is 50.6 Å². The van der Waals surface area contributed by atoms with E-state index in [9.17, 15) is 25.2 Å². The van der Waals surface area contributed by atoms with Gasteiger partial charge in [-0.05, 0) is 58.3 Å². The predicted molar refractivity (Wildman–Crippen MR) is 224 cm³/mol. The lowest BCUT2D eigenvalue weighted by molar-refractivity contribution is -0.284. The number of rotatable bonds is 12. The first-order chi connectivity index (χ1) is 29.1. The van der Waals surface area contributed by atoms with E-state index < -0.39 is 72.6 Å². The average Bonchev–Trinajstić information content (AvgIpc) is 4.06. The van der Waals surface area contributed by atoms with E-state index >= 15 is 0 Å². The molecule has 5 rings (SSSR count). The zero-order valence-electron chi connectivity index (χ0n) is 37.8. The van der Waals surface area contributed by atoms with Gasteiger partial charge in [0.15, 0.2) is 6.29 Å². The number of esters is 1. The Kier molecular flexibility index (Phi) is 19.2. The summed E-state index contributed by atoms with van der Waals surface area (Å²) in [4.78, 5) is 13.7. The number of methoxy groups -OCH3 is 4. The van der Waals surface area contributed by atoms with Gasteiger partial charge < -0.3 is 67.8 Å². The molecule has 5 heterocycles. The van der Waals surface area contributed by atoms with Crippen molar-refractivity contribution in [1.29, 1.82) is 0 Å². The Bertz CT molecular complexity index is 1440. The highest BCUT2D eigenvalue weighted by atomic mass is 16.7. The van der Waals surface area contributed by atoms with Gasteiger partial charge in [-0.2, -0.15) is 0 Å². The first kappa shape index (κ1) is 50.2. The van der Waals surface area contributed by atoms with E-state index in [-0.39, 0.29) is 55.1 Å². The molecule has 5 aliphatic heterocycles. The maximum Gasteiger partial charge on any atom is 0.331 e. The molecule has 0 radical (unpaired) electrons. The van der Waals surface area contributed by atoms with Crippen LogP contribution in [0.3, 0.4) is 0 Å². The zero-order valence-corrected chi connectivity index (χ0v) is 37.8. The second kappa shape index (κ2) is 23.4. The van der Waals surface area contributed by atoms with Gasteiger partial charge in [-0.15, -0.1) is 0 Å². The number of fused-ring (bicyclic) bond motifs is 2. The van der Waals surface area contributed by atoms with Crippen molar-refractivity contribution in [2.45, 2.75) is 190 Å². The summed E-state index contributed by atoms with van der Waals surface area (Å²) in [6.45, 7) is 10.1. The van der Waals surface area contributed by atoms with Crippen LogP contribution in [0.1, 0.15) is 92.4 Å². The van der Waals surface area contributed by atoms with Crippen LogP contribution in [-0.4, -0.2) is 165 Å². The summed E-state index contributed by atoms with van der Waals surface area (Å²) in [6, 6.07) is 0. The first-order valence-electron chi connectivity index (χ1n) is 22.4. The van der Waals surface area contributed by atoms with Crippen LogP contribution in [0.5, 0.6) is 0 Å². The lowest BCUT2D eigenvalue weighted by atomic mass is 9.78. The maximum absolute atomic E-state index is 13.7. The summed E-state index contributed by atoms with van der Waals surface area (Å²) in [5, 5.41) is 43.0. The largest absolute Gasteiger partial charge is 0.458 e. The van der Waals surface area contributed by atoms with E-state index in [1.807, 2.05) is 39.8 Å². The number of hydrogen-bond donors (Lipinski definition) is 4. The number of aliphatic hydroxyl groups excluding tert-OH is 4. The van der Waals surface area contributed by atoms with Gasteiger partial charge in [-0.3, -0.25) is 0 Å². The van der Waals surface area contributed by atoms with Gasteiger partial charge in [0, 0.05) is 65.6 Å². The molecule has 5 aliphatic rings. The monoisotopic (exact) mass is 869 g/mol. The number of carbonyl (C=O) groups is 1. The SMILES string of the molecule is CO[C@H]1C[C@H](CC[C@H](C)[C@H](O)[C@H](C)[C@H]2OC(=O)C=C/C(C)=C/C[C@H](O[C@H]3OC[C@H](O)[C@@H](O)[C@@H]3O)C[C@@H]3C=CC[C@@H](C[C@H](OC)[C@@]4(CO4)[C@@H](OC)C[C@@H](OC)[C@@H]2C)O3)O[C@@H](C)C1. The Morgan fingerprint density at radius 2 is 1.59 bits per heavy atom. The van der Waals surface area contributed by atoms with Crippen LogP contribution in [0.4, 0.5) is 0 Å². The molecule has 3 fully saturated rings. The quantitative estimate of drug-likeness (QED) is 0.125. The van der Waals surface area contributed by atoms with E-state index in [0.29, 0.717) is 38.7 Å². The minimum Gasteiger partial charge on any atom is -0.458 e. The van der Waals surface area contributed by atoms with Crippen LogP contribution < -0.4 is 0 Å². The van der Waals surface area contributed by atoms with Gasteiger partial charge in [0.2, 0.25) is 0 Å². The number of ether oxygens (including phenoxy) is 10. The number of cyclic esters (lactones) is 1. The molecule has 0 saturated carbocycles. The molecule has 19 atom stereocenters. The maximum atomic E-state index is 13.7. The molecule has 15 nitrogen and oxygen atoms in total. The van der Waals surface area contributed by atoms with Crippen LogP contribution in [0, 0.1) is 17.8 Å². The molecule has 3 saturated heterocycles. The molecule has 0 aromatic heterocycles. The molecule has 350 valence electrons. The molecular weight excluding hydrogens is 792 g/mol. The molecule has 0 aliphatic carbocycles. The molecule has 1 spiro atoms. The fraction of sp³-hybridized carbons (Fsp3) is 0.848. The normalized spacial score (nSPS) is 43.1. The Morgan fingerprint density at radius 3 is 2.26 bits per heavy atom. The van der Waals surface area contributed by atoms with Crippen molar-refractivity contribution in [2.24, 2.45) is 17.8 Å². The third-order valence-electron chi connectivity index (χ3n) is 13.8. The summed E-state index contributed by atoms with van der Waals surface area (Å²) < 4.78 is 61.4. The molecule has 0 unspecified atom stereocenters. The fourth-order valence-electron chi connectivity index (χ4n) is 9.77. The van der Waals surface area contributed by atoms with Crippen molar-refractivity contribution in [1.82, 2.24) is 0 Å². The lowest BCUT2D eigenvalue weighted by Gasteiger charge is -2.39. The summed E-state index contributed by atoms with van der Waals surface area (Å²) in [7, 11) is 6.69. The van der Waals surface area contributed by atoms with Crippen molar-refractivity contribution in [3.05, 3.63) is 36.0 Å². The number of hydrogen-bond acceptors (Lipinski definition) is 15. The van der Waals surface area contributed by atoms with Gasteiger partial charge in [0.1, 0.15) is 30.0 Å². The molecule has 0 amide bonds. The Labute approximate surface area is 363 Å². The predicted octanol–water partition coefficient (Wildman–Crippen LogP) is 3.96. The smallest absolute Gasteiger partial charge is 0.331 e. The lowest BCUT2D eigenvalue weighted by Crippen LogP contribution is -2.54. The van der Waals surface area contributed by atoms with E-state index in [4.69, 9.17) is 47.4 Å². The number of epoxide rings is 1. The van der Waals surface area contributed by atoms with Crippen LogP contribution in [0.2, 0.25) is 0 Å². The molecular formula is C46H76O15. The number of aliphatic hydroxyl groups is 4. The van der Waals surface area contributed by atoms with Crippen LogP contribution in [-0.2, 0) is 52.2 Å². The summed E-state index contributed by atoms with van der Waals surface area (Å²) >= 11 is 0. The summed E-state index contributed by atoms with van der Waals surface area (Å²) in [5.41, 5.74) is -0.0147. The van der Waals surface area contributed by atoms with Gasteiger partial charge in [0.05, 0.1) is 74.3 Å². The van der Waals surface area contributed by atoms with Gasteiger partial charge in [0.25, 0.3) is 0 Å². The molecule has 0 aromatic carbocycles. The topological polar surface area (TPSA) is 194 Å². The Morgan fingerprint density at radius 1 is 0.869 bits per heavy atom. The summed E-state index contributed by atoms with van der Waals surface area (Å²) in [5.74, 6) is -1.52. The van der Waals surface area contributed by atoms with E-state index in [2.05, 4.69) is 13.0 Å².